The number of anilines is 1. The van der Waals surface area contributed by atoms with Gasteiger partial charge in [0.15, 0.2) is 0 Å². The zero-order valence-electron chi connectivity index (χ0n) is 10.2. The summed E-state index contributed by atoms with van der Waals surface area (Å²) in [4.78, 5) is 9.55. The Morgan fingerprint density at radius 1 is 1.30 bits per heavy atom. The molecule has 1 aliphatic rings. The average Bonchev–Trinajstić information content (AvgIpc) is 2.70. The highest BCUT2D eigenvalue weighted by molar-refractivity contribution is 7.89. The fraction of sp³-hybridized carbons (Fsp3) is 0.400. The summed E-state index contributed by atoms with van der Waals surface area (Å²) in [6.45, 7) is -0.572. The zero-order chi connectivity index (χ0) is 15.1. The zero-order valence-corrected chi connectivity index (χ0v) is 11.0. The van der Waals surface area contributed by atoms with Crippen molar-refractivity contribution in [2.45, 2.75) is 17.1 Å². The highest BCUT2D eigenvalue weighted by atomic mass is 32.2. The monoisotopic (exact) mass is 303 g/mol. The van der Waals surface area contributed by atoms with Crippen molar-refractivity contribution in [3.05, 3.63) is 28.3 Å². The first-order chi connectivity index (χ1) is 9.23. The molecule has 2 rings (SSSR count). The molecule has 1 saturated heterocycles. The van der Waals surface area contributed by atoms with Crippen molar-refractivity contribution in [2.24, 2.45) is 0 Å². The molecule has 110 valence electrons. The molecule has 1 aromatic carbocycles. The summed E-state index contributed by atoms with van der Waals surface area (Å²) >= 11 is 0. The van der Waals surface area contributed by atoms with E-state index in [1.165, 1.54) is 0 Å². The molecule has 0 bridgehead atoms. The molecule has 9 nitrogen and oxygen atoms in total. The predicted octanol–water partition coefficient (Wildman–Crippen LogP) is -1.10. The molecular weight excluding hydrogens is 290 g/mol. The Bertz CT molecular complexity index is 636. The SMILES string of the molecule is Nc1ccc([N+](=O)[O-])cc1S(=O)(=O)N1CC(O)C(O)C1. The lowest BCUT2D eigenvalue weighted by molar-refractivity contribution is -0.385. The molecule has 0 aromatic heterocycles. The minimum Gasteiger partial charge on any atom is -0.398 e. The third-order valence-corrected chi connectivity index (χ3v) is 4.94. The molecule has 0 amide bonds. The Labute approximate surface area is 114 Å². The second-order valence-electron chi connectivity index (χ2n) is 4.44. The van der Waals surface area contributed by atoms with Gasteiger partial charge in [0, 0.05) is 25.2 Å². The lowest BCUT2D eigenvalue weighted by Gasteiger charge is -2.16. The first-order valence-corrected chi connectivity index (χ1v) is 7.07. The maximum Gasteiger partial charge on any atom is 0.270 e. The van der Waals surface area contributed by atoms with Gasteiger partial charge in [-0.2, -0.15) is 4.31 Å². The number of aliphatic hydroxyl groups excluding tert-OH is 2. The molecule has 1 aliphatic heterocycles. The van der Waals surface area contributed by atoms with E-state index < -0.39 is 37.7 Å². The Morgan fingerprint density at radius 3 is 2.35 bits per heavy atom. The summed E-state index contributed by atoms with van der Waals surface area (Å²) in [6, 6.07) is 3.09. The molecule has 1 fully saturated rings. The fourth-order valence-corrected chi connectivity index (χ4v) is 3.54. The molecule has 1 heterocycles. The van der Waals surface area contributed by atoms with Crippen LogP contribution in [-0.2, 0) is 10.0 Å². The summed E-state index contributed by atoms with van der Waals surface area (Å²) in [5, 5.41) is 29.5. The van der Waals surface area contributed by atoms with Gasteiger partial charge in [-0.3, -0.25) is 10.1 Å². The number of aliphatic hydroxyl groups is 2. The molecule has 4 N–H and O–H groups in total. The fourth-order valence-electron chi connectivity index (χ4n) is 1.93. The van der Waals surface area contributed by atoms with Crippen LogP contribution in [-0.4, -0.2) is 53.2 Å². The molecule has 10 heteroatoms. The molecule has 20 heavy (non-hydrogen) atoms. The molecule has 2 atom stereocenters. The Hall–Kier alpha value is -1.75. The van der Waals surface area contributed by atoms with Gasteiger partial charge >= 0.3 is 0 Å². The van der Waals surface area contributed by atoms with Crippen LogP contribution in [0, 0.1) is 10.1 Å². The number of nitrogen functional groups attached to an aromatic ring is 1. The minimum atomic E-state index is -4.11. The molecule has 0 aliphatic carbocycles. The Balaban J connectivity index is 2.44. The van der Waals surface area contributed by atoms with E-state index in [1.807, 2.05) is 0 Å². The first kappa shape index (κ1) is 14.7. The third-order valence-electron chi connectivity index (χ3n) is 3.05. The summed E-state index contributed by atoms with van der Waals surface area (Å²) in [7, 11) is -4.11. The second-order valence-corrected chi connectivity index (χ2v) is 6.34. The van der Waals surface area contributed by atoms with Crippen LogP contribution in [0.25, 0.3) is 0 Å². The molecule has 0 spiro atoms. The average molecular weight is 303 g/mol. The number of hydrogen-bond acceptors (Lipinski definition) is 7. The van der Waals surface area contributed by atoms with Crippen LogP contribution in [0.1, 0.15) is 0 Å². The van der Waals surface area contributed by atoms with Crippen LogP contribution in [0.5, 0.6) is 0 Å². The summed E-state index contributed by atoms with van der Waals surface area (Å²) in [6.07, 6.45) is -2.38. The van der Waals surface area contributed by atoms with Gasteiger partial charge in [-0.1, -0.05) is 0 Å². The van der Waals surface area contributed by atoms with Crippen molar-refractivity contribution in [1.82, 2.24) is 4.31 Å². The van der Waals surface area contributed by atoms with E-state index in [0.29, 0.717) is 0 Å². The predicted molar refractivity (Wildman–Crippen MR) is 68.3 cm³/mol. The lowest BCUT2D eigenvalue weighted by Crippen LogP contribution is -2.30. The van der Waals surface area contributed by atoms with Crippen molar-refractivity contribution in [1.29, 1.82) is 0 Å². The molecule has 1 aromatic rings. The van der Waals surface area contributed by atoms with Gasteiger partial charge in [-0.05, 0) is 6.07 Å². The standard InChI is InChI=1S/C10H13N3O6S/c11-7-2-1-6(13(16)17)3-10(7)20(18,19)12-4-8(14)9(15)5-12/h1-3,8-9,14-15H,4-5,11H2. The van der Waals surface area contributed by atoms with E-state index in [2.05, 4.69) is 0 Å². The summed E-state index contributed by atoms with van der Waals surface area (Å²) < 4.78 is 25.5. The van der Waals surface area contributed by atoms with Gasteiger partial charge in [-0.15, -0.1) is 0 Å². The summed E-state index contributed by atoms with van der Waals surface area (Å²) in [5.41, 5.74) is 5.02. The van der Waals surface area contributed by atoms with E-state index >= 15 is 0 Å². The topological polar surface area (TPSA) is 147 Å². The number of sulfonamides is 1. The van der Waals surface area contributed by atoms with Crippen LogP contribution in [0.3, 0.4) is 0 Å². The van der Waals surface area contributed by atoms with Crippen LogP contribution in [0.4, 0.5) is 11.4 Å². The van der Waals surface area contributed by atoms with Gasteiger partial charge in [0.2, 0.25) is 10.0 Å². The number of nitro benzene ring substituents is 1. The number of β-amino-alcohol motifs (C(OH)–C–C–N with tert-alkyl or cyclic N) is 2. The largest absolute Gasteiger partial charge is 0.398 e. The number of rotatable bonds is 3. The van der Waals surface area contributed by atoms with Gasteiger partial charge in [0.1, 0.15) is 4.90 Å². The van der Waals surface area contributed by atoms with Crippen LogP contribution in [0.15, 0.2) is 23.1 Å². The number of nitrogens with zero attached hydrogens (tertiary/aromatic N) is 2. The van der Waals surface area contributed by atoms with E-state index in [-0.39, 0.29) is 18.8 Å². The Morgan fingerprint density at radius 2 is 1.85 bits per heavy atom. The van der Waals surface area contributed by atoms with Crippen molar-refractivity contribution in [2.75, 3.05) is 18.8 Å². The maximum atomic E-state index is 12.3. The normalized spacial score (nSPS) is 23.9. The van der Waals surface area contributed by atoms with Gasteiger partial charge < -0.3 is 15.9 Å². The quantitative estimate of drug-likeness (QED) is 0.365. The van der Waals surface area contributed by atoms with E-state index in [0.717, 1.165) is 22.5 Å². The number of non-ortho nitro benzene ring substituents is 1. The van der Waals surface area contributed by atoms with Crippen molar-refractivity contribution in [3.63, 3.8) is 0 Å². The molecule has 0 saturated carbocycles. The van der Waals surface area contributed by atoms with Gasteiger partial charge in [0.25, 0.3) is 5.69 Å². The molecule has 2 unspecified atom stereocenters. The molecular formula is C10H13N3O6S. The first-order valence-electron chi connectivity index (χ1n) is 5.63. The number of benzene rings is 1. The minimum absolute atomic E-state index is 0.133. The van der Waals surface area contributed by atoms with Crippen molar-refractivity contribution in [3.8, 4) is 0 Å². The Kier molecular flexibility index (Phi) is 3.65. The third kappa shape index (κ3) is 2.45. The van der Waals surface area contributed by atoms with Crippen LogP contribution >= 0.6 is 0 Å². The highest BCUT2D eigenvalue weighted by Gasteiger charge is 2.38. The van der Waals surface area contributed by atoms with E-state index in [4.69, 9.17) is 5.73 Å². The number of nitro groups is 1. The van der Waals surface area contributed by atoms with Crippen molar-refractivity contribution >= 4 is 21.4 Å². The smallest absolute Gasteiger partial charge is 0.270 e. The van der Waals surface area contributed by atoms with E-state index in [9.17, 15) is 28.7 Å². The number of nitrogens with two attached hydrogens (primary N) is 1. The highest BCUT2D eigenvalue weighted by Crippen LogP contribution is 2.28. The molecule has 0 radical (unpaired) electrons. The van der Waals surface area contributed by atoms with Gasteiger partial charge in [-0.25, -0.2) is 8.42 Å². The van der Waals surface area contributed by atoms with Crippen LogP contribution in [0.2, 0.25) is 0 Å². The van der Waals surface area contributed by atoms with E-state index in [1.54, 1.807) is 0 Å². The number of hydrogen-bond donors (Lipinski definition) is 3. The van der Waals surface area contributed by atoms with Crippen LogP contribution < -0.4 is 5.73 Å². The maximum absolute atomic E-state index is 12.3. The van der Waals surface area contributed by atoms with Gasteiger partial charge in [0.05, 0.1) is 22.8 Å². The lowest BCUT2D eigenvalue weighted by atomic mass is 10.3. The van der Waals surface area contributed by atoms with Crippen molar-refractivity contribution < 1.29 is 23.6 Å². The second kappa shape index (κ2) is 4.98. The summed E-state index contributed by atoms with van der Waals surface area (Å²) in [5.74, 6) is 0.